The average Bonchev–Trinajstić information content (AvgIpc) is 3.56. The molecule has 12 nitrogen and oxygen atoms in total. The minimum Gasteiger partial charge on any atom is -0.488 e. The molecule has 5 atom stereocenters. The molecule has 2 aromatic rings. The van der Waals surface area contributed by atoms with Gasteiger partial charge in [-0.2, -0.15) is 0 Å². The summed E-state index contributed by atoms with van der Waals surface area (Å²) in [5, 5.41) is 17.0. The van der Waals surface area contributed by atoms with Crippen molar-refractivity contribution in [2.75, 3.05) is 6.54 Å². The highest BCUT2D eigenvalue weighted by molar-refractivity contribution is 6.35. The number of pyridine rings is 1. The summed E-state index contributed by atoms with van der Waals surface area (Å²) in [5.74, 6) is -1.44. The van der Waals surface area contributed by atoms with E-state index in [-0.39, 0.29) is 49.8 Å². The number of allylic oxidation sites excluding steroid dienone is 1. The van der Waals surface area contributed by atoms with E-state index in [0.717, 1.165) is 70.6 Å². The van der Waals surface area contributed by atoms with Crippen LogP contribution in [-0.4, -0.2) is 81.3 Å². The van der Waals surface area contributed by atoms with Crippen LogP contribution >= 0.6 is 11.6 Å². The molecule has 3 heterocycles. The number of carbonyl (C=O) groups excluding carboxylic acids is 3. The van der Waals surface area contributed by atoms with Gasteiger partial charge in [0.25, 0.3) is 0 Å². The number of nitrogens with zero attached hydrogens (tertiary/aromatic N) is 2. The van der Waals surface area contributed by atoms with Crippen molar-refractivity contribution in [3.63, 3.8) is 0 Å². The third kappa shape index (κ3) is 8.05. The number of fused-ring (bicyclic) bond motifs is 3. The van der Waals surface area contributed by atoms with Gasteiger partial charge in [0.15, 0.2) is 0 Å². The van der Waals surface area contributed by atoms with Crippen molar-refractivity contribution in [3.8, 4) is 11.6 Å². The van der Waals surface area contributed by atoms with Crippen molar-refractivity contribution in [2.24, 2.45) is 5.92 Å². The summed E-state index contributed by atoms with van der Waals surface area (Å²) in [5.41, 5.74) is -0.888. The van der Waals surface area contributed by atoms with Gasteiger partial charge in [0.05, 0.1) is 17.1 Å². The Morgan fingerprint density at radius 1 is 0.980 bits per heavy atom. The number of aromatic nitrogens is 1. The van der Waals surface area contributed by atoms with Crippen LogP contribution in [0.15, 0.2) is 36.4 Å². The first kappa shape index (κ1) is 35.3. The van der Waals surface area contributed by atoms with Gasteiger partial charge in [-0.1, -0.05) is 36.2 Å². The zero-order valence-corrected chi connectivity index (χ0v) is 29.6. The lowest BCUT2D eigenvalue weighted by Crippen LogP contribution is -2.53. The van der Waals surface area contributed by atoms with Gasteiger partial charge in [0.1, 0.15) is 35.6 Å². The van der Waals surface area contributed by atoms with Crippen LogP contribution in [0.5, 0.6) is 11.6 Å². The van der Waals surface area contributed by atoms with E-state index in [1.54, 1.807) is 12.1 Å². The number of hydrogen-bond donors (Lipinski definition) is 3. The predicted octanol–water partition coefficient (Wildman–Crippen LogP) is 6.08. The molecule has 274 valence electrons. The molecule has 1 aromatic heterocycles. The van der Waals surface area contributed by atoms with E-state index in [1.165, 1.54) is 4.90 Å². The summed E-state index contributed by atoms with van der Waals surface area (Å²) in [4.78, 5) is 59.7. The lowest BCUT2D eigenvalue weighted by molar-refractivity contribution is -0.145. The van der Waals surface area contributed by atoms with Gasteiger partial charge >= 0.3 is 12.1 Å². The van der Waals surface area contributed by atoms with Crippen LogP contribution in [0.3, 0.4) is 0 Å². The molecule has 13 heteroatoms. The maximum absolute atomic E-state index is 14.1. The number of amides is 3. The molecule has 3 saturated carbocycles. The molecule has 0 unspecified atom stereocenters. The van der Waals surface area contributed by atoms with E-state index in [0.29, 0.717) is 34.0 Å². The third-order valence-corrected chi connectivity index (χ3v) is 11.4. The van der Waals surface area contributed by atoms with Crippen LogP contribution in [0, 0.1) is 5.92 Å². The number of para-hydroxylation sites is 1. The summed E-state index contributed by atoms with van der Waals surface area (Å²) < 4.78 is 18.5. The third-order valence-electron chi connectivity index (χ3n) is 11.1. The second-order valence-corrected chi connectivity index (χ2v) is 15.2. The smallest absolute Gasteiger partial charge is 0.407 e. The second kappa shape index (κ2) is 15.3. The lowest BCUT2D eigenvalue weighted by atomic mass is 10.0. The Labute approximate surface area is 302 Å². The van der Waals surface area contributed by atoms with Crippen molar-refractivity contribution in [1.82, 2.24) is 20.5 Å². The number of ether oxygens (including phenoxy) is 3. The van der Waals surface area contributed by atoms with E-state index in [2.05, 4.69) is 15.6 Å². The van der Waals surface area contributed by atoms with Crippen LogP contribution in [0.2, 0.25) is 5.02 Å². The van der Waals surface area contributed by atoms with E-state index in [1.807, 2.05) is 24.3 Å². The van der Waals surface area contributed by atoms with E-state index in [4.69, 9.17) is 25.8 Å². The predicted molar refractivity (Wildman–Crippen MR) is 189 cm³/mol. The molecule has 1 saturated heterocycles. The Morgan fingerprint density at radius 3 is 2.49 bits per heavy atom. The Morgan fingerprint density at radius 2 is 1.73 bits per heavy atom. The number of carboxylic acid groups (broad SMARTS) is 1. The molecule has 0 radical (unpaired) electrons. The van der Waals surface area contributed by atoms with Gasteiger partial charge in [0, 0.05) is 36.3 Å². The number of benzene rings is 1. The lowest BCUT2D eigenvalue weighted by Gasteiger charge is -2.27. The summed E-state index contributed by atoms with van der Waals surface area (Å²) in [6, 6.07) is 5.68. The second-order valence-electron chi connectivity index (χ2n) is 14.8. The van der Waals surface area contributed by atoms with Gasteiger partial charge in [-0.05, 0) is 89.2 Å². The number of rotatable bonds is 7. The first-order valence-corrected chi connectivity index (χ1v) is 19.0. The van der Waals surface area contributed by atoms with Crippen LogP contribution in [0.25, 0.3) is 10.9 Å². The van der Waals surface area contributed by atoms with Gasteiger partial charge in [-0.15, -0.1) is 0 Å². The molecule has 0 bridgehead atoms. The standard InChI is InChI=1S/C38H47ClN4O8/c39-29-17-9-16-28-31(20-32(41-34(28)29)50-25-12-5-6-13-25)49-27-19-30-35(45)42-38(36(46)47)21-23(38)10-3-1-2-4-11-24(18-33(44)43(30)22-27)40-37(48)51-26-14-7-8-15-26/h3,9-10,16-17,20,23-27,30H,1-2,4-8,11-15,18-19,21-22H2,(H,40,48)(H,42,45)(H,46,47)/b10-3-/t23-,24-,27+,30-,38+/m0/s1. The molecule has 2 aliphatic heterocycles. The zero-order valence-electron chi connectivity index (χ0n) is 28.8. The largest absolute Gasteiger partial charge is 0.488 e. The number of hydrogen-bond acceptors (Lipinski definition) is 8. The SMILES string of the molecule is O=C(N[C@H]1CCCC/C=C\[C@H]2C[C@@]2(C(=O)O)NC(=O)[C@@H]2C[C@@H](Oc3cc(OC4CCCC4)nc4c(Cl)cccc34)CN2C(=O)C1)OC1CCCC1. The zero-order chi connectivity index (χ0) is 35.5. The van der Waals surface area contributed by atoms with E-state index >= 15 is 0 Å². The fourth-order valence-corrected chi connectivity index (χ4v) is 8.39. The Kier molecular flexibility index (Phi) is 10.6. The van der Waals surface area contributed by atoms with Crippen LogP contribution in [0.4, 0.5) is 4.79 Å². The number of halogens is 1. The summed E-state index contributed by atoms with van der Waals surface area (Å²) in [7, 11) is 0. The molecule has 51 heavy (non-hydrogen) atoms. The summed E-state index contributed by atoms with van der Waals surface area (Å²) in [6.07, 6.45) is 13.6. The monoisotopic (exact) mass is 722 g/mol. The van der Waals surface area contributed by atoms with Crippen molar-refractivity contribution < 1.29 is 38.5 Å². The molecule has 3 N–H and O–H groups in total. The minimum absolute atomic E-state index is 0.0357. The average molecular weight is 723 g/mol. The van der Waals surface area contributed by atoms with Gasteiger partial charge in [-0.25, -0.2) is 14.6 Å². The number of carboxylic acids is 1. The minimum atomic E-state index is -1.42. The number of alkyl carbamates (subject to hydrolysis) is 1. The fraction of sp³-hybridized carbons (Fsp3) is 0.605. The molecule has 0 spiro atoms. The van der Waals surface area contributed by atoms with E-state index < -0.39 is 41.7 Å². The highest BCUT2D eigenvalue weighted by Crippen LogP contribution is 2.45. The van der Waals surface area contributed by atoms with Gasteiger partial charge < -0.3 is 34.9 Å². The normalized spacial score (nSPS) is 29.7. The van der Waals surface area contributed by atoms with Crippen molar-refractivity contribution >= 4 is 46.4 Å². The maximum atomic E-state index is 14.1. The number of carbonyl (C=O) groups is 4. The summed E-state index contributed by atoms with van der Waals surface area (Å²) in [6.45, 7) is 0.0861. The Bertz CT molecular complexity index is 1670. The maximum Gasteiger partial charge on any atom is 0.407 e. The molecular weight excluding hydrogens is 676 g/mol. The van der Waals surface area contributed by atoms with Crippen molar-refractivity contribution in [2.45, 2.75) is 132 Å². The van der Waals surface area contributed by atoms with Crippen molar-refractivity contribution in [3.05, 3.63) is 41.4 Å². The van der Waals surface area contributed by atoms with Crippen molar-refractivity contribution in [1.29, 1.82) is 0 Å². The molecule has 7 rings (SSSR count). The Balaban J connectivity index is 1.14. The first-order chi connectivity index (χ1) is 24.7. The molecule has 4 fully saturated rings. The van der Waals surface area contributed by atoms with E-state index in [9.17, 15) is 24.3 Å². The highest BCUT2D eigenvalue weighted by atomic mass is 35.5. The van der Waals surface area contributed by atoms with Crippen LogP contribution in [-0.2, 0) is 19.1 Å². The topological polar surface area (TPSA) is 156 Å². The summed E-state index contributed by atoms with van der Waals surface area (Å²) >= 11 is 6.58. The highest BCUT2D eigenvalue weighted by Gasteiger charge is 2.61. The Hall–Kier alpha value is -4.06. The van der Waals surface area contributed by atoms with Gasteiger partial charge in [0.2, 0.25) is 17.7 Å². The molecular formula is C38H47ClN4O8. The number of aliphatic carboxylic acids is 1. The quantitative estimate of drug-likeness (QED) is 0.289. The molecule has 1 aromatic carbocycles. The van der Waals surface area contributed by atoms with Crippen LogP contribution in [0.1, 0.15) is 96.3 Å². The fourth-order valence-electron chi connectivity index (χ4n) is 8.17. The molecule has 3 amide bonds. The molecule has 3 aliphatic carbocycles. The van der Waals surface area contributed by atoms with Crippen LogP contribution < -0.4 is 20.1 Å². The van der Waals surface area contributed by atoms with Gasteiger partial charge in [-0.3, -0.25) is 9.59 Å². The number of nitrogens with one attached hydrogen (secondary N) is 2. The molecule has 5 aliphatic rings. The first-order valence-electron chi connectivity index (χ1n) is 18.6.